The van der Waals surface area contributed by atoms with Crippen LogP contribution in [0.2, 0.25) is 0 Å². The van der Waals surface area contributed by atoms with Crippen LogP contribution in [-0.2, 0) is 11.3 Å². The van der Waals surface area contributed by atoms with Crippen LogP contribution in [0.1, 0.15) is 31.1 Å². The lowest BCUT2D eigenvalue weighted by Gasteiger charge is -2.07. The first-order chi connectivity index (χ1) is 13.5. The Balaban J connectivity index is 2.02. The van der Waals surface area contributed by atoms with Crippen molar-refractivity contribution in [1.82, 2.24) is 4.57 Å². The Bertz CT molecular complexity index is 1040. The molecule has 0 aliphatic heterocycles. The molecular weight excluding hydrogens is 395 g/mol. The normalized spacial score (nSPS) is 12.2. The van der Waals surface area contributed by atoms with Crippen molar-refractivity contribution in [1.29, 1.82) is 0 Å². The number of nitrogens with zero attached hydrogens (tertiary/aromatic N) is 2. The molecule has 148 valence electrons. The minimum absolute atomic E-state index is 0.325. The zero-order valence-corrected chi connectivity index (χ0v) is 17.8. The number of carbonyl (C=O) groups is 1. The molecule has 0 unspecified atom stereocenters. The van der Waals surface area contributed by atoms with Gasteiger partial charge in [-0.25, -0.2) is 4.39 Å². The van der Waals surface area contributed by atoms with E-state index in [0.29, 0.717) is 40.9 Å². The lowest BCUT2D eigenvalue weighted by atomic mass is 10.2. The molecule has 3 rings (SSSR count). The Morgan fingerprint density at radius 2 is 2.07 bits per heavy atom. The lowest BCUT2D eigenvalue weighted by molar-refractivity contribution is 0.0996. The predicted octanol–water partition coefficient (Wildman–Crippen LogP) is 5.12. The second-order valence-electron chi connectivity index (χ2n) is 6.43. The van der Waals surface area contributed by atoms with Crippen molar-refractivity contribution >= 4 is 39.2 Å². The van der Waals surface area contributed by atoms with Crippen molar-refractivity contribution in [3.8, 4) is 0 Å². The molecule has 4 nitrogen and oxygen atoms in total. The van der Waals surface area contributed by atoms with E-state index < -0.39 is 0 Å². The topological polar surface area (TPSA) is 43.6 Å². The van der Waals surface area contributed by atoms with Gasteiger partial charge >= 0.3 is 0 Å². The van der Waals surface area contributed by atoms with Gasteiger partial charge in [0.2, 0.25) is 0 Å². The summed E-state index contributed by atoms with van der Waals surface area (Å²) < 4.78 is 22.3. The van der Waals surface area contributed by atoms with Gasteiger partial charge in [-0.3, -0.25) is 4.79 Å². The van der Waals surface area contributed by atoms with E-state index in [4.69, 9.17) is 4.74 Å². The summed E-state index contributed by atoms with van der Waals surface area (Å²) in [6, 6.07) is 12.4. The highest BCUT2D eigenvalue weighted by Crippen LogP contribution is 2.24. The summed E-state index contributed by atoms with van der Waals surface area (Å²) in [7, 11) is 0. The van der Waals surface area contributed by atoms with Crippen molar-refractivity contribution in [3.63, 3.8) is 0 Å². The van der Waals surface area contributed by atoms with Gasteiger partial charge in [0, 0.05) is 28.9 Å². The van der Waals surface area contributed by atoms with E-state index in [9.17, 15) is 9.18 Å². The van der Waals surface area contributed by atoms with Crippen LogP contribution < -0.4 is 4.80 Å². The number of amides is 1. The van der Waals surface area contributed by atoms with Crippen LogP contribution >= 0.6 is 23.1 Å². The number of hydrogen-bond donors (Lipinski definition) is 0. The third-order valence-corrected chi connectivity index (χ3v) is 6.01. The molecule has 28 heavy (non-hydrogen) atoms. The molecule has 1 aromatic heterocycles. The van der Waals surface area contributed by atoms with Crippen LogP contribution in [-0.4, -0.2) is 28.9 Å². The molecule has 0 bridgehead atoms. The summed E-state index contributed by atoms with van der Waals surface area (Å²) in [6.45, 7) is 7.57. The number of benzene rings is 2. The SMILES string of the molecule is CCOCCn1c(=NC(=O)c2cccc(SC(C)C)c2)sc2cccc(F)c21. The van der Waals surface area contributed by atoms with Gasteiger partial charge in [-0.1, -0.05) is 37.3 Å². The molecule has 0 saturated carbocycles. The lowest BCUT2D eigenvalue weighted by Crippen LogP contribution is -2.20. The Morgan fingerprint density at radius 3 is 2.82 bits per heavy atom. The van der Waals surface area contributed by atoms with Crippen LogP contribution in [0.15, 0.2) is 52.4 Å². The van der Waals surface area contributed by atoms with Gasteiger partial charge in [-0.2, -0.15) is 4.99 Å². The Labute approximate surface area is 172 Å². The fourth-order valence-corrected chi connectivity index (χ4v) is 4.77. The molecule has 0 atom stereocenters. The molecular formula is C21H23FN2O2S2. The van der Waals surface area contributed by atoms with Crippen molar-refractivity contribution in [2.24, 2.45) is 4.99 Å². The van der Waals surface area contributed by atoms with Crippen molar-refractivity contribution in [2.75, 3.05) is 13.2 Å². The highest BCUT2D eigenvalue weighted by Gasteiger charge is 2.13. The second kappa shape index (κ2) is 9.49. The van der Waals surface area contributed by atoms with E-state index in [-0.39, 0.29) is 11.7 Å². The van der Waals surface area contributed by atoms with Crippen LogP contribution in [0.4, 0.5) is 4.39 Å². The van der Waals surface area contributed by atoms with Crippen molar-refractivity contribution < 1.29 is 13.9 Å². The first-order valence-corrected chi connectivity index (χ1v) is 10.9. The number of rotatable bonds is 7. The van der Waals surface area contributed by atoms with E-state index in [1.54, 1.807) is 28.5 Å². The third kappa shape index (κ3) is 4.90. The molecule has 7 heteroatoms. The van der Waals surface area contributed by atoms with Crippen LogP contribution in [0.25, 0.3) is 10.2 Å². The smallest absolute Gasteiger partial charge is 0.279 e. The fraction of sp³-hybridized carbons (Fsp3) is 0.333. The van der Waals surface area contributed by atoms with Crippen LogP contribution in [0.5, 0.6) is 0 Å². The monoisotopic (exact) mass is 418 g/mol. The number of fused-ring (bicyclic) bond motifs is 1. The van der Waals surface area contributed by atoms with Gasteiger partial charge in [0.15, 0.2) is 4.80 Å². The third-order valence-electron chi connectivity index (χ3n) is 3.97. The Morgan fingerprint density at radius 1 is 1.29 bits per heavy atom. The summed E-state index contributed by atoms with van der Waals surface area (Å²) >= 11 is 3.00. The van der Waals surface area contributed by atoms with E-state index in [0.717, 1.165) is 9.60 Å². The first-order valence-electron chi connectivity index (χ1n) is 9.21. The highest BCUT2D eigenvalue weighted by molar-refractivity contribution is 7.99. The summed E-state index contributed by atoms with van der Waals surface area (Å²) in [5, 5.41) is 0.425. The first kappa shape index (κ1) is 20.8. The molecule has 0 aliphatic rings. The maximum absolute atomic E-state index is 14.4. The van der Waals surface area contributed by atoms with Crippen LogP contribution in [0, 0.1) is 5.82 Å². The zero-order valence-electron chi connectivity index (χ0n) is 16.1. The van der Waals surface area contributed by atoms with Gasteiger partial charge in [0.05, 0.1) is 16.8 Å². The summed E-state index contributed by atoms with van der Waals surface area (Å²) in [4.78, 5) is 18.6. The van der Waals surface area contributed by atoms with Crippen molar-refractivity contribution in [3.05, 3.63) is 58.6 Å². The van der Waals surface area contributed by atoms with E-state index in [2.05, 4.69) is 18.8 Å². The number of carbonyl (C=O) groups excluding carboxylic acids is 1. The maximum atomic E-state index is 14.4. The fourth-order valence-electron chi connectivity index (χ4n) is 2.81. The van der Waals surface area contributed by atoms with E-state index in [1.165, 1.54) is 17.4 Å². The summed E-state index contributed by atoms with van der Waals surface area (Å²) in [5.74, 6) is -0.655. The molecule has 0 fully saturated rings. The van der Waals surface area contributed by atoms with E-state index in [1.807, 2.05) is 31.2 Å². The van der Waals surface area contributed by atoms with Gasteiger partial charge in [-0.05, 0) is 37.3 Å². The van der Waals surface area contributed by atoms with Crippen molar-refractivity contribution in [2.45, 2.75) is 37.5 Å². The summed E-state index contributed by atoms with van der Waals surface area (Å²) in [6.07, 6.45) is 0. The maximum Gasteiger partial charge on any atom is 0.279 e. The number of ether oxygens (including phenoxy) is 1. The number of para-hydroxylation sites is 1. The average molecular weight is 419 g/mol. The number of aromatic nitrogens is 1. The predicted molar refractivity (Wildman–Crippen MR) is 114 cm³/mol. The molecule has 0 saturated heterocycles. The number of halogens is 1. The van der Waals surface area contributed by atoms with Gasteiger partial charge in [0.1, 0.15) is 5.82 Å². The largest absolute Gasteiger partial charge is 0.380 e. The zero-order chi connectivity index (χ0) is 20.1. The molecule has 0 N–H and O–H groups in total. The molecule has 1 amide bonds. The molecule has 0 spiro atoms. The summed E-state index contributed by atoms with van der Waals surface area (Å²) in [5.41, 5.74) is 0.989. The number of thioether (sulfide) groups is 1. The standard InChI is InChI=1S/C21H23FN2O2S2/c1-4-26-12-11-24-19-17(22)9-6-10-18(19)28-21(24)23-20(25)15-7-5-8-16(13-15)27-14(2)3/h5-10,13-14H,4,11-12H2,1-3H3. The Kier molecular flexibility index (Phi) is 7.04. The van der Waals surface area contributed by atoms with Gasteiger partial charge in [-0.15, -0.1) is 11.8 Å². The molecule has 2 aromatic carbocycles. The van der Waals surface area contributed by atoms with Crippen LogP contribution in [0.3, 0.4) is 0 Å². The van der Waals surface area contributed by atoms with Gasteiger partial charge in [0.25, 0.3) is 5.91 Å². The van der Waals surface area contributed by atoms with E-state index >= 15 is 0 Å². The number of thiazole rings is 1. The molecule has 3 aromatic rings. The highest BCUT2D eigenvalue weighted by atomic mass is 32.2. The van der Waals surface area contributed by atoms with Gasteiger partial charge < -0.3 is 9.30 Å². The minimum atomic E-state index is -0.330. The average Bonchev–Trinajstić information content (AvgIpc) is 3.00. The Hall–Kier alpha value is -1.96. The molecule has 0 radical (unpaired) electrons. The minimum Gasteiger partial charge on any atom is -0.380 e. The second-order valence-corrected chi connectivity index (χ2v) is 9.09. The quantitative estimate of drug-likeness (QED) is 0.395. The molecule has 1 heterocycles. The molecule has 0 aliphatic carbocycles. The number of hydrogen-bond acceptors (Lipinski definition) is 4.